The molecule has 0 saturated carbocycles. The monoisotopic (exact) mass is 341 g/mol. The van der Waals surface area contributed by atoms with Gasteiger partial charge < -0.3 is 4.74 Å². The predicted octanol–water partition coefficient (Wildman–Crippen LogP) is 3.22. The molecule has 0 atom stereocenters. The van der Waals surface area contributed by atoms with Crippen molar-refractivity contribution in [1.82, 2.24) is 0 Å². The molecule has 0 N–H and O–H groups in total. The molecule has 6 nitrogen and oxygen atoms in total. The third-order valence-corrected chi connectivity index (χ3v) is 4.06. The Morgan fingerprint density at radius 3 is 2.50 bits per heavy atom. The Balaban J connectivity index is 2.93. The number of nitro groups is 1. The number of hydrogen-bond donors (Lipinski definition) is 0. The summed E-state index contributed by atoms with van der Waals surface area (Å²) < 4.78 is 27.5. The van der Waals surface area contributed by atoms with Crippen molar-refractivity contribution in [3.05, 3.63) is 33.3 Å². The van der Waals surface area contributed by atoms with Gasteiger partial charge in [0.2, 0.25) is 14.8 Å². The van der Waals surface area contributed by atoms with E-state index < -0.39 is 19.4 Å². The van der Waals surface area contributed by atoms with Crippen LogP contribution in [-0.4, -0.2) is 25.7 Å². The SMILES string of the molecule is CC(C)(COc1c(Cl)cccc1[N+](=O)[O-])CS(=O)(=O)Cl. The number of nitrogens with zero attached hydrogens (tertiary/aromatic N) is 1. The van der Waals surface area contributed by atoms with Crippen LogP contribution in [0.2, 0.25) is 5.02 Å². The van der Waals surface area contributed by atoms with Crippen molar-refractivity contribution in [1.29, 1.82) is 0 Å². The summed E-state index contributed by atoms with van der Waals surface area (Å²) in [5, 5.41) is 11.0. The molecular weight excluding hydrogens is 329 g/mol. The first-order valence-corrected chi connectivity index (χ1v) is 8.35. The van der Waals surface area contributed by atoms with Crippen molar-refractivity contribution >= 4 is 37.0 Å². The quantitative estimate of drug-likeness (QED) is 0.450. The number of para-hydroxylation sites is 1. The molecule has 0 aromatic heterocycles. The van der Waals surface area contributed by atoms with Crippen molar-refractivity contribution in [2.24, 2.45) is 5.41 Å². The van der Waals surface area contributed by atoms with Crippen LogP contribution >= 0.6 is 22.3 Å². The van der Waals surface area contributed by atoms with Gasteiger partial charge in [-0.15, -0.1) is 0 Å². The van der Waals surface area contributed by atoms with E-state index in [1.54, 1.807) is 13.8 Å². The second-order valence-electron chi connectivity index (χ2n) is 4.98. The van der Waals surface area contributed by atoms with Gasteiger partial charge in [-0.3, -0.25) is 10.1 Å². The fourth-order valence-electron chi connectivity index (χ4n) is 1.56. The maximum Gasteiger partial charge on any atom is 0.312 e. The zero-order valence-corrected chi connectivity index (χ0v) is 13.1. The van der Waals surface area contributed by atoms with E-state index in [1.807, 2.05) is 0 Å². The maximum atomic E-state index is 11.1. The highest BCUT2D eigenvalue weighted by Crippen LogP contribution is 2.35. The van der Waals surface area contributed by atoms with E-state index >= 15 is 0 Å². The lowest BCUT2D eigenvalue weighted by atomic mass is 9.98. The number of ether oxygens (including phenoxy) is 1. The molecule has 0 unspecified atom stereocenters. The summed E-state index contributed by atoms with van der Waals surface area (Å²) in [5.74, 6) is -0.404. The van der Waals surface area contributed by atoms with Crippen LogP contribution in [0.25, 0.3) is 0 Å². The number of nitro benzene ring substituents is 1. The molecule has 0 aliphatic heterocycles. The molecule has 0 spiro atoms. The predicted molar refractivity (Wildman–Crippen MR) is 77.0 cm³/mol. The van der Waals surface area contributed by atoms with Crippen LogP contribution in [0.1, 0.15) is 13.8 Å². The third kappa shape index (κ3) is 5.15. The summed E-state index contributed by atoms with van der Waals surface area (Å²) in [6, 6.07) is 4.14. The number of rotatable bonds is 6. The molecule has 1 aromatic carbocycles. The van der Waals surface area contributed by atoms with Crippen molar-refractivity contribution in [3.63, 3.8) is 0 Å². The zero-order chi connectivity index (χ0) is 15.6. The lowest BCUT2D eigenvalue weighted by Crippen LogP contribution is -2.28. The highest BCUT2D eigenvalue weighted by atomic mass is 35.7. The normalized spacial score (nSPS) is 12.2. The Hall–Kier alpha value is -1.05. The number of benzene rings is 1. The summed E-state index contributed by atoms with van der Waals surface area (Å²) in [6.45, 7) is 3.16. The molecule has 0 saturated heterocycles. The largest absolute Gasteiger partial charge is 0.485 e. The van der Waals surface area contributed by atoms with Gasteiger partial charge in [0, 0.05) is 22.2 Å². The Bertz CT molecular complexity index is 615. The van der Waals surface area contributed by atoms with Crippen LogP contribution in [0.4, 0.5) is 5.69 Å². The molecule has 20 heavy (non-hydrogen) atoms. The third-order valence-electron chi connectivity index (χ3n) is 2.31. The summed E-state index contributed by atoms with van der Waals surface area (Å²) in [6.07, 6.45) is 0. The number of hydrogen-bond acceptors (Lipinski definition) is 5. The van der Waals surface area contributed by atoms with Gasteiger partial charge in [-0.05, 0) is 6.07 Å². The van der Waals surface area contributed by atoms with E-state index in [-0.39, 0.29) is 28.8 Å². The van der Waals surface area contributed by atoms with Crippen LogP contribution in [-0.2, 0) is 9.05 Å². The summed E-state index contributed by atoms with van der Waals surface area (Å²) >= 11 is 5.86. The van der Waals surface area contributed by atoms with Crippen LogP contribution in [0.15, 0.2) is 18.2 Å². The van der Waals surface area contributed by atoms with Gasteiger partial charge in [-0.1, -0.05) is 31.5 Å². The Labute approximate surface area is 126 Å². The van der Waals surface area contributed by atoms with Gasteiger partial charge in [0.25, 0.3) is 0 Å². The van der Waals surface area contributed by atoms with Crippen LogP contribution in [0.3, 0.4) is 0 Å². The summed E-state index contributed by atoms with van der Waals surface area (Å²) in [5.41, 5.74) is -1.09. The molecule has 0 amide bonds. The molecule has 9 heteroatoms. The van der Waals surface area contributed by atoms with Gasteiger partial charge in [0.05, 0.1) is 22.3 Å². The average Bonchev–Trinajstić information content (AvgIpc) is 2.23. The van der Waals surface area contributed by atoms with E-state index in [2.05, 4.69) is 0 Å². The fourth-order valence-corrected chi connectivity index (χ4v) is 3.69. The smallest absolute Gasteiger partial charge is 0.312 e. The second-order valence-corrected chi connectivity index (χ2v) is 8.17. The van der Waals surface area contributed by atoms with Crippen LogP contribution < -0.4 is 4.74 Å². The van der Waals surface area contributed by atoms with Crippen LogP contribution in [0.5, 0.6) is 5.75 Å². The average molecular weight is 342 g/mol. The van der Waals surface area contributed by atoms with Gasteiger partial charge in [-0.2, -0.15) is 0 Å². The first kappa shape index (κ1) is 17.0. The molecular formula is C11H13Cl2NO5S. The molecule has 1 aromatic rings. The summed E-state index contributed by atoms with van der Waals surface area (Å²) in [7, 11) is 1.50. The first-order chi connectivity index (χ1) is 9.02. The van der Waals surface area contributed by atoms with Crippen molar-refractivity contribution in [2.75, 3.05) is 12.4 Å². The lowest BCUT2D eigenvalue weighted by molar-refractivity contribution is -0.385. The maximum absolute atomic E-state index is 11.1. The van der Waals surface area contributed by atoms with Crippen molar-refractivity contribution in [3.8, 4) is 5.75 Å². The molecule has 0 bridgehead atoms. The molecule has 112 valence electrons. The van der Waals surface area contributed by atoms with Gasteiger partial charge in [-0.25, -0.2) is 8.42 Å². The van der Waals surface area contributed by atoms with E-state index in [0.717, 1.165) is 0 Å². The standard InChI is InChI=1S/C11H13Cl2NO5S/c1-11(2,7-20(13,17)18)6-19-10-8(12)4-3-5-9(10)14(15)16/h3-5H,6-7H2,1-2H3. The van der Waals surface area contributed by atoms with Gasteiger partial charge in [0.15, 0.2) is 0 Å². The molecule has 0 radical (unpaired) electrons. The minimum absolute atomic E-state index is 0.0798. The molecule has 0 fully saturated rings. The lowest BCUT2D eigenvalue weighted by Gasteiger charge is -2.23. The van der Waals surface area contributed by atoms with E-state index in [0.29, 0.717) is 0 Å². The molecule has 0 aliphatic rings. The minimum Gasteiger partial charge on any atom is -0.485 e. The Kier molecular flexibility index (Phi) is 5.23. The first-order valence-electron chi connectivity index (χ1n) is 5.50. The van der Waals surface area contributed by atoms with E-state index in [4.69, 9.17) is 27.0 Å². The topological polar surface area (TPSA) is 86.5 Å². The molecule has 0 aliphatic carbocycles. The highest BCUT2D eigenvalue weighted by molar-refractivity contribution is 8.13. The highest BCUT2D eigenvalue weighted by Gasteiger charge is 2.28. The van der Waals surface area contributed by atoms with Crippen molar-refractivity contribution in [2.45, 2.75) is 13.8 Å². The molecule has 1 rings (SSSR count). The fraction of sp³-hybridized carbons (Fsp3) is 0.455. The van der Waals surface area contributed by atoms with Gasteiger partial charge in [0.1, 0.15) is 0 Å². The number of halogens is 2. The minimum atomic E-state index is -3.70. The summed E-state index contributed by atoms with van der Waals surface area (Å²) in [4.78, 5) is 10.3. The van der Waals surface area contributed by atoms with E-state index in [1.165, 1.54) is 18.2 Å². The molecule has 0 heterocycles. The Morgan fingerprint density at radius 1 is 1.40 bits per heavy atom. The van der Waals surface area contributed by atoms with Crippen LogP contribution in [0, 0.1) is 15.5 Å². The zero-order valence-electron chi connectivity index (χ0n) is 10.8. The Morgan fingerprint density at radius 2 is 2.00 bits per heavy atom. The second kappa shape index (κ2) is 6.15. The van der Waals surface area contributed by atoms with Crippen molar-refractivity contribution < 1.29 is 18.1 Å². The van der Waals surface area contributed by atoms with E-state index in [9.17, 15) is 18.5 Å². The van der Waals surface area contributed by atoms with Gasteiger partial charge >= 0.3 is 5.69 Å².